The Hall–Kier alpha value is -1.39. The van der Waals surface area contributed by atoms with Crippen molar-refractivity contribution >= 4 is 5.91 Å². The van der Waals surface area contributed by atoms with Crippen LogP contribution in [-0.2, 0) is 9.53 Å². The molecule has 1 aliphatic heterocycles. The van der Waals surface area contributed by atoms with E-state index in [1.54, 1.807) is 0 Å². The van der Waals surface area contributed by atoms with Gasteiger partial charge in [0, 0.05) is 6.61 Å². The van der Waals surface area contributed by atoms with Crippen LogP contribution in [-0.4, -0.2) is 30.3 Å². The van der Waals surface area contributed by atoms with E-state index in [9.17, 15) is 9.90 Å². The van der Waals surface area contributed by atoms with Crippen LogP contribution >= 0.6 is 0 Å². The van der Waals surface area contributed by atoms with Crippen LogP contribution in [0.5, 0.6) is 0 Å². The fourth-order valence-corrected chi connectivity index (χ4v) is 2.20. The zero-order valence-electron chi connectivity index (χ0n) is 10.5. The number of carbonyl (C=O) groups excluding carboxylic acids is 1. The lowest BCUT2D eigenvalue weighted by Crippen LogP contribution is -2.40. The molecule has 4 nitrogen and oxygen atoms in total. The first kappa shape index (κ1) is 13.1. The summed E-state index contributed by atoms with van der Waals surface area (Å²) >= 11 is 0. The molecule has 1 aromatic rings. The number of aliphatic hydroxyl groups excluding tert-OH is 1. The number of hydrogen-bond donors (Lipinski definition) is 2. The van der Waals surface area contributed by atoms with Crippen LogP contribution in [0.1, 0.15) is 24.9 Å². The van der Waals surface area contributed by atoms with Crippen LogP contribution in [0, 0.1) is 5.92 Å². The van der Waals surface area contributed by atoms with Gasteiger partial charge in [0.25, 0.3) is 0 Å². The van der Waals surface area contributed by atoms with E-state index in [4.69, 9.17) is 4.74 Å². The van der Waals surface area contributed by atoms with E-state index in [1.165, 1.54) is 0 Å². The SMILES string of the molecule is CC1CCOC1C(=O)N[C@@H](CO)c1ccccc1. The molecule has 1 fully saturated rings. The number of aliphatic hydroxyl groups is 1. The van der Waals surface area contributed by atoms with E-state index >= 15 is 0 Å². The van der Waals surface area contributed by atoms with Gasteiger partial charge in [-0.2, -0.15) is 0 Å². The van der Waals surface area contributed by atoms with Crippen molar-refractivity contribution < 1.29 is 14.6 Å². The molecular weight excluding hydrogens is 230 g/mol. The summed E-state index contributed by atoms with van der Waals surface area (Å²) in [5.41, 5.74) is 0.902. The lowest BCUT2D eigenvalue weighted by atomic mass is 10.0. The first-order valence-electron chi connectivity index (χ1n) is 6.30. The second-order valence-electron chi connectivity index (χ2n) is 4.71. The van der Waals surface area contributed by atoms with E-state index < -0.39 is 0 Å². The Kier molecular flexibility index (Phi) is 4.33. The highest BCUT2D eigenvalue weighted by molar-refractivity contribution is 5.81. The second kappa shape index (κ2) is 5.98. The van der Waals surface area contributed by atoms with Crippen LogP contribution in [0.25, 0.3) is 0 Å². The van der Waals surface area contributed by atoms with Gasteiger partial charge in [-0.25, -0.2) is 0 Å². The van der Waals surface area contributed by atoms with Crippen molar-refractivity contribution in [1.82, 2.24) is 5.32 Å². The van der Waals surface area contributed by atoms with Gasteiger partial charge in [0.1, 0.15) is 6.10 Å². The van der Waals surface area contributed by atoms with Gasteiger partial charge >= 0.3 is 0 Å². The van der Waals surface area contributed by atoms with Crippen LogP contribution in [0.2, 0.25) is 0 Å². The van der Waals surface area contributed by atoms with Crippen molar-refractivity contribution in [3.8, 4) is 0 Å². The van der Waals surface area contributed by atoms with Crippen molar-refractivity contribution in [2.75, 3.05) is 13.2 Å². The van der Waals surface area contributed by atoms with Crippen molar-refractivity contribution in [2.45, 2.75) is 25.5 Å². The first-order chi connectivity index (χ1) is 8.72. The maximum Gasteiger partial charge on any atom is 0.249 e. The topological polar surface area (TPSA) is 58.6 Å². The van der Waals surface area contributed by atoms with E-state index in [0.29, 0.717) is 6.61 Å². The molecule has 1 heterocycles. The zero-order chi connectivity index (χ0) is 13.0. The number of ether oxygens (including phenoxy) is 1. The normalized spacial score (nSPS) is 24.8. The second-order valence-corrected chi connectivity index (χ2v) is 4.71. The highest BCUT2D eigenvalue weighted by atomic mass is 16.5. The Morgan fingerprint density at radius 3 is 2.78 bits per heavy atom. The zero-order valence-corrected chi connectivity index (χ0v) is 10.5. The molecule has 18 heavy (non-hydrogen) atoms. The molecule has 1 amide bonds. The molecule has 1 aliphatic rings. The number of nitrogens with one attached hydrogen (secondary N) is 1. The molecule has 0 aliphatic carbocycles. The molecular formula is C14H19NO3. The molecule has 2 unspecified atom stereocenters. The van der Waals surface area contributed by atoms with Crippen LogP contribution in [0.4, 0.5) is 0 Å². The molecule has 2 N–H and O–H groups in total. The van der Waals surface area contributed by atoms with Crippen molar-refractivity contribution in [1.29, 1.82) is 0 Å². The standard InChI is InChI=1S/C14H19NO3/c1-10-7-8-18-13(10)14(17)15-12(9-16)11-5-3-2-4-6-11/h2-6,10,12-13,16H,7-9H2,1H3,(H,15,17)/t10?,12-,13?/m0/s1. The highest BCUT2D eigenvalue weighted by Gasteiger charge is 2.31. The van der Waals surface area contributed by atoms with Crippen molar-refractivity contribution in [3.63, 3.8) is 0 Å². The third-order valence-electron chi connectivity index (χ3n) is 3.35. The largest absolute Gasteiger partial charge is 0.394 e. The summed E-state index contributed by atoms with van der Waals surface area (Å²) in [6.07, 6.45) is 0.524. The molecule has 2 rings (SSSR count). The Bertz CT molecular complexity index is 393. The van der Waals surface area contributed by atoms with Gasteiger partial charge < -0.3 is 15.2 Å². The number of rotatable bonds is 4. The minimum Gasteiger partial charge on any atom is -0.394 e. The fourth-order valence-electron chi connectivity index (χ4n) is 2.20. The van der Waals surface area contributed by atoms with E-state index in [2.05, 4.69) is 5.32 Å². The smallest absolute Gasteiger partial charge is 0.249 e. The minimum absolute atomic E-state index is 0.114. The highest BCUT2D eigenvalue weighted by Crippen LogP contribution is 2.21. The first-order valence-corrected chi connectivity index (χ1v) is 6.30. The number of hydrogen-bond acceptors (Lipinski definition) is 3. The van der Waals surface area contributed by atoms with Gasteiger partial charge in [0.2, 0.25) is 5.91 Å². The predicted octanol–water partition coefficient (Wildman–Crippen LogP) is 1.26. The van der Waals surface area contributed by atoms with Gasteiger partial charge in [-0.05, 0) is 17.9 Å². The van der Waals surface area contributed by atoms with E-state index in [-0.39, 0.29) is 30.6 Å². The molecule has 0 bridgehead atoms. The number of benzene rings is 1. The van der Waals surface area contributed by atoms with Crippen molar-refractivity contribution in [2.24, 2.45) is 5.92 Å². The summed E-state index contributed by atoms with van der Waals surface area (Å²) in [5.74, 6) is 0.100. The Balaban J connectivity index is 2.00. The predicted molar refractivity (Wildman–Crippen MR) is 67.9 cm³/mol. The summed E-state index contributed by atoms with van der Waals surface area (Å²) in [7, 11) is 0. The summed E-state index contributed by atoms with van der Waals surface area (Å²) in [5, 5.41) is 12.2. The molecule has 4 heteroatoms. The van der Waals surface area contributed by atoms with Gasteiger partial charge in [0.15, 0.2) is 0 Å². The summed E-state index contributed by atoms with van der Waals surface area (Å²) < 4.78 is 5.41. The lowest BCUT2D eigenvalue weighted by molar-refractivity contribution is -0.132. The molecule has 1 saturated heterocycles. The summed E-state index contributed by atoms with van der Waals surface area (Å²) in [6.45, 7) is 2.53. The van der Waals surface area contributed by atoms with Gasteiger partial charge in [0.05, 0.1) is 12.6 Å². The molecule has 0 saturated carbocycles. The maximum absolute atomic E-state index is 12.1. The van der Waals surface area contributed by atoms with Crippen LogP contribution in [0.15, 0.2) is 30.3 Å². The molecule has 0 spiro atoms. The molecule has 1 aromatic carbocycles. The quantitative estimate of drug-likeness (QED) is 0.844. The fraction of sp³-hybridized carbons (Fsp3) is 0.500. The minimum atomic E-state index is -0.386. The molecule has 98 valence electrons. The van der Waals surface area contributed by atoms with Crippen LogP contribution in [0.3, 0.4) is 0 Å². The van der Waals surface area contributed by atoms with Gasteiger partial charge in [-0.15, -0.1) is 0 Å². The Morgan fingerprint density at radius 2 is 2.22 bits per heavy atom. The van der Waals surface area contributed by atoms with E-state index in [1.807, 2.05) is 37.3 Å². The summed E-state index contributed by atoms with van der Waals surface area (Å²) in [6, 6.07) is 9.09. The molecule has 3 atom stereocenters. The number of carbonyl (C=O) groups is 1. The lowest BCUT2D eigenvalue weighted by Gasteiger charge is -2.20. The maximum atomic E-state index is 12.1. The third-order valence-corrected chi connectivity index (χ3v) is 3.35. The Labute approximate surface area is 107 Å². The molecule has 0 aromatic heterocycles. The Morgan fingerprint density at radius 1 is 1.50 bits per heavy atom. The van der Waals surface area contributed by atoms with Crippen LogP contribution < -0.4 is 5.32 Å². The average molecular weight is 249 g/mol. The van der Waals surface area contributed by atoms with Gasteiger partial charge in [-0.3, -0.25) is 4.79 Å². The van der Waals surface area contributed by atoms with E-state index in [0.717, 1.165) is 12.0 Å². The van der Waals surface area contributed by atoms with Gasteiger partial charge in [-0.1, -0.05) is 37.3 Å². The average Bonchev–Trinajstić information content (AvgIpc) is 2.83. The summed E-state index contributed by atoms with van der Waals surface area (Å²) in [4.78, 5) is 12.1. The third kappa shape index (κ3) is 2.89. The monoisotopic (exact) mass is 249 g/mol. The van der Waals surface area contributed by atoms with Crippen molar-refractivity contribution in [3.05, 3.63) is 35.9 Å². The number of amides is 1. The molecule has 0 radical (unpaired) electrons.